The van der Waals surface area contributed by atoms with Crippen LogP contribution in [0.5, 0.6) is 5.75 Å². The number of ketones is 1. The molecule has 0 aliphatic heterocycles. The summed E-state index contributed by atoms with van der Waals surface area (Å²) in [5.74, 6) is 0.524. The van der Waals surface area contributed by atoms with E-state index in [2.05, 4.69) is 13.0 Å². The van der Waals surface area contributed by atoms with Gasteiger partial charge in [-0.25, -0.2) is 0 Å². The van der Waals surface area contributed by atoms with Gasteiger partial charge in [-0.1, -0.05) is 25.5 Å². The summed E-state index contributed by atoms with van der Waals surface area (Å²) in [4.78, 5) is 12.5. The molecule has 3 heteroatoms. The maximum atomic E-state index is 12.5. The number of nitriles is 1. The van der Waals surface area contributed by atoms with Gasteiger partial charge in [0.1, 0.15) is 11.7 Å². The quantitative estimate of drug-likeness (QED) is 0.831. The zero-order chi connectivity index (χ0) is 13.8. The molecule has 1 aromatic carbocycles. The minimum Gasteiger partial charge on any atom is -0.497 e. The lowest BCUT2D eigenvalue weighted by Gasteiger charge is -2.18. The molecule has 0 N–H and O–H groups in total. The van der Waals surface area contributed by atoms with E-state index < -0.39 is 5.92 Å². The smallest absolute Gasteiger partial charge is 0.157 e. The Labute approximate surface area is 114 Å². The van der Waals surface area contributed by atoms with Crippen LogP contribution in [-0.4, -0.2) is 12.9 Å². The first-order chi connectivity index (χ1) is 9.17. The molecule has 0 heterocycles. The van der Waals surface area contributed by atoms with Gasteiger partial charge < -0.3 is 4.74 Å². The summed E-state index contributed by atoms with van der Waals surface area (Å²) < 4.78 is 5.16. The first-order valence-corrected chi connectivity index (χ1v) is 6.74. The molecular formula is C16H19NO2. The number of carbonyl (C=O) groups is 1. The Morgan fingerprint density at radius 1 is 1.47 bits per heavy atom. The minimum atomic E-state index is -0.666. The van der Waals surface area contributed by atoms with Crippen LogP contribution in [0.3, 0.4) is 0 Å². The molecule has 1 aliphatic rings. The molecule has 3 nitrogen and oxygen atoms in total. The molecule has 0 radical (unpaired) electrons. The normalized spacial score (nSPS) is 23.6. The first-order valence-electron chi connectivity index (χ1n) is 6.74. The fraction of sp³-hybridized carbons (Fsp3) is 0.500. The molecule has 1 aromatic rings. The van der Waals surface area contributed by atoms with Crippen LogP contribution in [0.25, 0.3) is 0 Å². The Morgan fingerprint density at radius 2 is 2.26 bits per heavy atom. The number of hydrogen-bond donors (Lipinski definition) is 0. The fourth-order valence-electron chi connectivity index (χ4n) is 2.91. The van der Waals surface area contributed by atoms with E-state index in [0.29, 0.717) is 11.7 Å². The molecule has 0 aromatic heterocycles. The Hall–Kier alpha value is -1.82. The summed E-state index contributed by atoms with van der Waals surface area (Å²) in [5.41, 5.74) is 0.742. The van der Waals surface area contributed by atoms with Crippen molar-refractivity contribution in [3.05, 3.63) is 29.8 Å². The molecule has 100 valence electrons. The number of rotatable bonds is 4. The highest BCUT2D eigenvalue weighted by molar-refractivity contribution is 5.90. The van der Waals surface area contributed by atoms with E-state index in [-0.39, 0.29) is 11.7 Å². The van der Waals surface area contributed by atoms with Crippen molar-refractivity contribution in [3.63, 3.8) is 0 Å². The van der Waals surface area contributed by atoms with Crippen LogP contribution in [0, 0.1) is 23.2 Å². The average Bonchev–Trinajstić information content (AvgIpc) is 2.86. The second-order valence-corrected chi connectivity index (χ2v) is 5.26. The van der Waals surface area contributed by atoms with Crippen LogP contribution in [0.4, 0.5) is 0 Å². The van der Waals surface area contributed by atoms with Gasteiger partial charge in [0.15, 0.2) is 5.78 Å². The standard InChI is InChI=1S/C16H19NO2/c1-11-5-3-8-14(11)16(18)15(10-17)12-6-4-7-13(9-12)19-2/h4,6-7,9,11,14-15H,3,5,8H2,1-2H3. The monoisotopic (exact) mass is 257 g/mol. The molecule has 0 saturated heterocycles. The topological polar surface area (TPSA) is 50.1 Å². The van der Waals surface area contributed by atoms with E-state index in [9.17, 15) is 10.1 Å². The zero-order valence-electron chi connectivity index (χ0n) is 11.4. The van der Waals surface area contributed by atoms with E-state index in [4.69, 9.17) is 4.74 Å². The van der Waals surface area contributed by atoms with Crippen LogP contribution in [0.1, 0.15) is 37.7 Å². The van der Waals surface area contributed by atoms with Gasteiger partial charge in [-0.2, -0.15) is 5.26 Å². The summed E-state index contributed by atoms with van der Waals surface area (Å²) in [6.07, 6.45) is 3.10. The second kappa shape index (κ2) is 5.88. The lowest BCUT2D eigenvalue weighted by atomic mass is 9.83. The van der Waals surface area contributed by atoms with Gasteiger partial charge >= 0.3 is 0 Å². The van der Waals surface area contributed by atoms with Crippen molar-refractivity contribution >= 4 is 5.78 Å². The van der Waals surface area contributed by atoms with Crippen LogP contribution in [0.2, 0.25) is 0 Å². The maximum Gasteiger partial charge on any atom is 0.157 e. The lowest BCUT2D eigenvalue weighted by Crippen LogP contribution is -2.23. The van der Waals surface area contributed by atoms with E-state index in [1.165, 1.54) is 0 Å². The molecule has 3 atom stereocenters. The molecule has 0 amide bonds. The third kappa shape index (κ3) is 2.78. The molecule has 0 bridgehead atoms. The third-order valence-corrected chi connectivity index (χ3v) is 4.07. The Kier molecular flexibility index (Phi) is 4.21. The number of ether oxygens (including phenoxy) is 1. The number of methoxy groups -OCH3 is 1. The van der Waals surface area contributed by atoms with E-state index in [1.807, 2.05) is 18.2 Å². The zero-order valence-corrected chi connectivity index (χ0v) is 11.4. The van der Waals surface area contributed by atoms with Gasteiger partial charge in [0.2, 0.25) is 0 Å². The first kappa shape index (κ1) is 13.6. The Bertz CT molecular complexity index is 504. The molecule has 1 aliphatic carbocycles. The molecule has 1 fully saturated rings. The van der Waals surface area contributed by atoms with Gasteiger partial charge in [-0.05, 0) is 36.5 Å². The molecule has 2 rings (SSSR count). The van der Waals surface area contributed by atoms with Gasteiger partial charge in [0.05, 0.1) is 13.2 Å². The van der Waals surface area contributed by atoms with Crippen LogP contribution >= 0.6 is 0 Å². The van der Waals surface area contributed by atoms with Crippen LogP contribution in [-0.2, 0) is 4.79 Å². The Morgan fingerprint density at radius 3 is 2.84 bits per heavy atom. The highest BCUT2D eigenvalue weighted by Gasteiger charge is 2.34. The Balaban J connectivity index is 2.24. The highest BCUT2D eigenvalue weighted by atomic mass is 16.5. The van der Waals surface area contributed by atoms with Crippen LogP contribution in [0.15, 0.2) is 24.3 Å². The maximum absolute atomic E-state index is 12.5. The van der Waals surface area contributed by atoms with Crippen molar-refractivity contribution in [2.75, 3.05) is 7.11 Å². The highest BCUT2D eigenvalue weighted by Crippen LogP contribution is 2.36. The molecular weight excluding hydrogens is 238 g/mol. The van der Waals surface area contributed by atoms with E-state index in [0.717, 1.165) is 24.8 Å². The third-order valence-electron chi connectivity index (χ3n) is 4.07. The summed E-state index contributed by atoms with van der Waals surface area (Å²) in [7, 11) is 1.58. The SMILES string of the molecule is COc1cccc(C(C#N)C(=O)C2CCCC2C)c1. The van der Waals surface area contributed by atoms with E-state index in [1.54, 1.807) is 13.2 Å². The number of Topliss-reactive ketones (excluding diaryl/α,β-unsaturated/α-hetero) is 1. The van der Waals surface area contributed by atoms with Crippen molar-refractivity contribution in [1.29, 1.82) is 5.26 Å². The number of nitrogens with zero attached hydrogens (tertiary/aromatic N) is 1. The average molecular weight is 257 g/mol. The van der Waals surface area contributed by atoms with Crippen molar-refractivity contribution in [2.45, 2.75) is 32.1 Å². The molecule has 3 unspecified atom stereocenters. The molecule has 1 saturated carbocycles. The summed E-state index contributed by atoms with van der Waals surface area (Å²) in [5, 5.41) is 9.35. The summed E-state index contributed by atoms with van der Waals surface area (Å²) in [6, 6.07) is 9.42. The lowest BCUT2D eigenvalue weighted by molar-refractivity contribution is -0.124. The number of benzene rings is 1. The van der Waals surface area contributed by atoms with Gasteiger partial charge in [0, 0.05) is 5.92 Å². The number of carbonyl (C=O) groups excluding carboxylic acids is 1. The largest absolute Gasteiger partial charge is 0.497 e. The predicted molar refractivity (Wildman–Crippen MR) is 72.9 cm³/mol. The van der Waals surface area contributed by atoms with Crippen molar-refractivity contribution in [1.82, 2.24) is 0 Å². The number of hydrogen-bond acceptors (Lipinski definition) is 3. The molecule has 19 heavy (non-hydrogen) atoms. The summed E-state index contributed by atoms with van der Waals surface area (Å²) in [6.45, 7) is 2.11. The predicted octanol–water partition coefficient (Wildman–Crippen LogP) is 3.31. The van der Waals surface area contributed by atoms with Gasteiger partial charge in [-0.3, -0.25) is 4.79 Å². The van der Waals surface area contributed by atoms with Crippen molar-refractivity contribution < 1.29 is 9.53 Å². The van der Waals surface area contributed by atoms with Crippen LogP contribution < -0.4 is 4.74 Å². The fourth-order valence-corrected chi connectivity index (χ4v) is 2.91. The minimum absolute atomic E-state index is 0.0378. The summed E-state index contributed by atoms with van der Waals surface area (Å²) >= 11 is 0. The van der Waals surface area contributed by atoms with Crippen molar-refractivity contribution in [3.8, 4) is 11.8 Å². The van der Waals surface area contributed by atoms with E-state index >= 15 is 0 Å². The molecule has 0 spiro atoms. The van der Waals surface area contributed by atoms with Gasteiger partial charge in [-0.15, -0.1) is 0 Å². The second-order valence-electron chi connectivity index (χ2n) is 5.26. The van der Waals surface area contributed by atoms with Crippen molar-refractivity contribution in [2.24, 2.45) is 11.8 Å². The van der Waals surface area contributed by atoms with Gasteiger partial charge in [0.25, 0.3) is 0 Å².